The molecule has 0 saturated carbocycles. The van der Waals surface area contributed by atoms with Crippen LogP contribution in [0, 0.1) is 11.8 Å². The number of rotatable bonds is 7. The number of amides is 2. The van der Waals surface area contributed by atoms with Crippen LogP contribution in [0.4, 0.5) is 0 Å². The summed E-state index contributed by atoms with van der Waals surface area (Å²) in [6.45, 7) is 9.33. The van der Waals surface area contributed by atoms with E-state index in [4.69, 9.17) is 0 Å². The van der Waals surface area contributed by atoms with Crippen LogP contribution in [-0.2, 0) is 9.59 Å². The minimum Gasteiger partial charge on any atom is -0.388 e. The molecule has 0 spiro atoms. The predicted octanol–water partition coefficient (Wildman–Crippen LogP) is 1.94. The monoisotopic (exact) mass is 312 g/mol. The second kappa shape index (κ2) is 8.51. The molecular weight excluding hydrogens is 280 g/mol. The minimum absolute atomic E-state index is 0.0204. The maximum atomic E-state index is 12.3. The van der Waals surface area contributed by atoms with Gasteiger partial charge in [0.15, 0.2) is 0 Å². The van der Waals surface area contributed by atoms with E-state index in [0.717, 1.165) is 25.8 Å². The van der Waals surface area contributed by atoms with Gasteiger partial charge in [0.1, 0.15) is 0 Å². The number of carbonyl (C=O) groups is 2. The molecule has 2 unspecified atom stereocenters. The van der Waals surface area contributed by atoms with Crippen molar-refractivity contribution in [2.75, 3.05) is 19.6 Å². The van der Waals surface area contributed by atoms with E-state index in [0.29, 0.717) is 19.4 Å². The Morgan fingerprint density at radius 3 is 2.50 bits per heavy atom. The Morgan fingerprint density at radius 1 is 1.32 bits per heavy atom. The third kappa shape index (κ3) is 4.97. The standard InChI is InChI=1S/C17H32N2O3/c1-5-13(4)16(21)19-10-8-9-14(11-19)15(20)18-12-17(22,6-2)7-3/h13-14,22H,5-12H2,1-4H3,(H,18,20). The highest BCUT2D eigenvalue weighted by Gasteiger charge is 2.31. The van der Waals surface area contributed by atoms with Gasteiger partial charge in [-0.15, -0.1) is 0 Å². The van der Waals surface area contributed by atoms with Crippen LogP contribution in [-0.4, -0.2) is 47.1 Å². The quantitative estimate of drug-likeness (QED) is 0.755. The van der Waals surface area contributed by atoms with Crippen molar-refractivity contribution < 1.29 is 14.7 Å². The fraction of sp³-hybridized carbons (Fsp3) is 0.882. The first-order valence-corrected chi connectivity index (χ1v) is 8.65. The van der Waals surface area contributed by atoms with Gasteiger partial charge in [0, 0.05) is 25.6 Å². The molecule has 5 heteroatoms. The van der Waals surface area contributed by atoms with Gasteiger partial charge in [-0.25, -0.2) is 0 Å². The number of piperidine rings is 1. The van der Waals surface area contributed by atoms with Crippen molar-refractivity contribution in [3.8, 4) is 0 Å². The number of aliphatic hydroxyl groups is 1. The van der Waals surface area contributed by atoms with E-state index in [9.17, 15) is 14.7 Å². The van der Waals surface area contributed by atoms with E-state index in [1.54, 1.807) is 0 Å². The third-order valence-corrected chi connectivity index (χ3v) is 5.05. The second-order valence-corrected chi connectivity index (χ2v) is 6.58. The average Bonchev–Trinajstić information content (AvgIpc) is 2.57. The number of carbonyl (C=O) groups excluding carboxylic acids is 2. The van der Waals surface area contributed by atoms with Crippen molar-refractivity contribution in [1.29, 1.82) is 0 Å². The maximum Gasteiger partial charge on any atom is 0.225 e. The van der Waals surface area contributed by atoms with Crippen molar-refractivity contribution in [3.63, 3.8) is 0 Å². The number of nitrogens with one attached hydrogen (secondary N) is 1. The first-order valence-electron chi connectivity index (χ1n) is 8.65. The molecule has 1 aliphatic rings. The van der Waals surface area contributed by atoms with Crippen molar-refractivity contribution in [2.24, 2.45) is 11.8 Å². The molecule has 128 valence electrons. The zero-order chi connectivity index (χ0) is 16.8. The number of hydrogen-bond donors (Lipinski definition) is 2. The van der Waals surface area contributed by atoms with Crippen LogP contribution in [0.5, 0.6) is 0 Å². The lowest BCUT2D eigenvalue weighted by Crippen LogP contribution is -2.49. The lowest BCUT2D eigenvalue weighted by atomic mass is 9.94. The SMILES string of the molecule is CCC(C)C(=O)N1CCCC(C(=O)NCC(O)(CC)CC)C1. The van der Waals surface area contributed by atoms with Crippen LogP contribution >= 0.6 is 0 Å². The first-order chi connectivity index (χ1) is 10.4. The number of likely N-dealkylation sites (tertiary alicyclic amines) is 1. The van der Waals surface area contributed by atoms with Crippen molar-refractivity contribution in [3.05, 3.63) is 0 Å². The molecular formula is C17H32N2O3. The second-order valence-electron chi connectivity index (χ2n) is 6.58. The first kappa shape index (κ1) is 18.9. The molecule has 0 aromatic carbocycles. The van der Waals surface area contributed by atoms with Crippen molar-refractivity contribution in [1.82, 2.24) is 10.2 Å². The van der Waals surface area contributed by atoms with Crippen LogP contribution in [0.3, 0.4) is 0 Å². The Morgan fingerprint density at radius 2 is 1.95 bits per heavy atom. The van der Waals surface area contributed by atoms with E-state index < -0.39 is 5.60 Å². The van der Waals surface area contributed by atoms with E-state index in [2.05, 4.69) is 5.32 Å². The normalized spacial score (nSPS) is 20.6. The topological polar surface area (TPSA) is 69.6 Å². The molecule has 1 heterocycles. The van der Waals surface area contributed by atoms with E-state index in [-0.39, 0.29) is 30.2 Å². The average molecular weight is 312 g/mol. The van der Waals surface area contributed by atoms with Gasteiger partial charge in [-0.05, 0) is 32.1 Å². The molecule has 1 aliphatic heterocycles. The molecule has 2 amide bonds. The van der Waals surface area contributed by atoms with E-state index in [1.165, 1.54) is 0 Å². The van der Waals surface area contributed by atoms with Crippen LogP contribution in [0.25, 0.3) is 0 Å². The summed E-state index contributed by atoms with van der Waals surface area (Å²) in [5, 5.41) is 13.1. The Hall–Kier alpha value is -1.10. The zero-order valence-electron chi connectivity index (χ0n) is 14.5. The van der Waals surface area contributed by atoms with Crippen LogP contribution in [0.2, 0.25) is 0 Å². The maximum absolute atomic E-state index is 12.3. The fourth-order valence-electron chi connectivity index (χ4n) is 2.77. The van der Waals surface area contributed by atoms with Gasteiger partial charge in [-0.3, -0.25) is 9.59 Å². The molecule has 0 bridgehead atoms. The smallest absolute Gasteiger partial charge is 0.225 e. The Kier molecular flexibility index (Phi) is 7.33. The van der Waals surface area contributed by atoms with E-state index in [1.807, 2.05) is 32.6 Å². The Labute approximate surface area is 134 Å². The molecule has 0 radical (unpaired) electrons. The highest BCUT2D eigenvalue weighted by atomic mass is 16.3. The summed E-state index contributed by atoms with van der Waals surface area (Å²) < 4.78 is 0. The molecule has 0 aromatic heterocycles. The summed E-state index contributed by atoms with van der Waals surface area (Å²) in [5.74, 6) is -0.0209. The van der Waals surface area contributed by atoms with Gasteiger partial charge in [0.05, 0.1) is 11.5 Å². The van der Waals surface area contributed by atoms with Crippen LogP contribution < -0.4 is 5.32 Å². The zero-order valence-corrected chi connectivity index (χ0v) is 14.5. The molecule has 22 heavy (non-hydrogen) atoms. The highest BCUT2D eigenvalue weighted by molar-refractivity contribution is 5.82. The lowest BCUT2D eigenvalue weighted by molar-refractivity contribution is -0.139. The molecule has 0 aromatic rings. The van der Waals surface area contributed by atoms with Gasteiger partial charge >= 0.3 is 0 Å². The van der Waals surface area contributed by atoms with Gasteiger partial charge in [-0.2, -0.15) is 0 Å². The molecule has 1 fully saturated rings. The predicted molar refractivity (Wildman–Crippen MR) is 87.3 cm³/mol. The summed E-state index contributed by atoms with van der Waals surface area (Å²) in [6.07, 6.45) is 3.74. The summed E-state index contributed by atoms with van der Waals surface area (Å²) in [7, 11) is 0. The summed E-state index contributed by atoms with van der Waals surface area (Å²) in [4.78, 5) is 26.4. The van der Waals surface area contributed by atoms with Crippen LogP contribution in [0.1, 0.15) is 59.8 Å². The largest absolute Gasteiger partial charge is 0.388 e. The number of nitrogens with zero attached hydrogens (tertiary/aromatic N) is 1. The summed E-state index contributed by atoms with van der Waals surface area (Å²) in [6, 6.07) is 0. The molecule has 0 aliphatic carbocycles. The van der Waals surface area contributed by atoms with Crippen LogP contribution in [0.15, 0.2) is 0 Å². The summed E-state index contributed by atoms with van der Waals surface area (Å²) in [5.41, 5.74) is -0.823. The molecule has 1 saturated heterocycles. The van der Waals surface area contributed by atoms with Gasteiger partial charge in [0.2, 0.25) is 11.8 Å². The van der Waals surface area contributed by atoms with Crippen molar-refractivity contribution in [2.45, 2.75) is 65.4 Å². The van der Waals surface area contributed by atoms with E-state index >= 15 is 0 Å². The van der Waals surface area contributed by atoms with Gasteiger partial charge in [0.25, 0.3) is 0 Å². The third-order valence-electron chi connectivity index (χ3n) is 5.05. The van der Waals surface area contributed by atoms with Gasteiger partial charge < -0.3 is 15.3 Å². The molecule has 2 N–H and O–H groups in total. The minimum atomic E-state index is -0.823. The van der Waals surface area contributed by atoms with Gasteiger partial charge in [-0.1, -0.05) is 27.7 Å². The molecule has 1 rings (SSSR count). The Balaban J connectivity index is 2.54. The molecule has 2 atom stereocenters. The number of hydrogen-bond acceptors (Lipinski definition) is 3. The van der Waals surface area contributed by atoms with Crippen molar-refractivity contribution >= 4 is 11.8 Å². The highest BCUT2D eigenvalue weighted by Crippen LogP contribution is 2.20. The molecule has 5 nitrogen and oxygen atoms in total. The fourth-order valence-corrected chi connectivity index (χ4v) is 2.77. The summed E-state index contributed by atoms with van der Waals surface area (Å²) >= 11 is 0. The lowest BCUT2D eigenvalue weighted by Gasteiger charge is -2.34. The Bertz CT molecular complexity index is 380.